The summed E-state index contributed by atoms with van der Waals surface area (Å²) in [4.78, 5) is 21.6. The first kappa shape index (κ1) is 22.7. The molecule has 34 heavy (non-hydrogen) atoms. The van der Waals surface area contributed by atoms with Crippen LogP contribution < -0.4 is 15.0 Å². The van der Waals surface area contributed by atoms with Crippen LogP contribution in [0.2, 0.25) is 0 Å². The molecule has 3 heterocycles. The molecular weight excluding hydrogens is 424 g/mol. The van der Waals surface area contributed by atoms with Gasteiger partial charge in [0.2, 0.25) is 11.8 Å². The van der Waals surface area contributed by atoms with Gasteiger partial charge in [0.25, 0.3) is 0 Å². The summed E-state index contributed by atoms with van der Waals surface area (Å²) in [7, 11) is 0. The summed E-state index contributed by atoms with van der Waals surface area (Å²) in [5.41, 5.74) is 2.23. The van der Waals surface area contributed by atoms with E-state index in [0.717, 1.165) is 51.1 Å². The number of anilines is 2. The van der Waals surface area contributed by atoms with E-state index in [1.165, 1.54) is 16.5 Å². The third-order valence-electron chi connectivity index (χ3n) is 7.06. The lowest BCUT2D eigenvalue weighted by Crippen LogP contribution is -2.46. The van der Waals surface area contributed by atoms with Crippen molar-refractivity contribution in [3.63, 3.8) is 0 Å². The number of aromatic nitrogens is 1. The number of hydrogen-bond acceptors (Lipinski definition) is 5. The first-order valence-electron chi connectivity index (χ1n) is 12.4. The van der Waals surface area contributed by atoms with Crippen LogP contribution in [0.1, 0.15) is 38.7 Å². The molecule has 0 aliphatic carbocycles. The number of hydrogen-bond donors (Lipinski definition) is 1. The number of pyridine rings is 1. The second-order valence-electron chi connectivity index (χ2n) is 10.0. The van der Waals surface area contributed by atoms with E-state index in [1.807, 2.05) is 12.1 Å². The van der Waals surface area contributed by atoms with Crippen molar-refractivity contribution in [1.82, 2.24) is 9.88 Å². The molecule has 1 fully saturated rings. The Morgan fingerprint density at radius 3 is 2.62 bits per heavy atom. The lowest BCUT2D eigenvalue weighted by atomic mass is 9.79. The molecule has 5 rings (SSSR count). The third-order valence-corrected chi connectivity index (χ3v) is 7.06. The fourth-order valence-corrected chi connectivity index (χ4v) is 5.15. The number of carbonyl (C=O) groups is 1. The summed E-state index contributed by atoms with van der Waals surface area (Å²) in [5, 5.41) is 5.53. The van der Waals surface area contributed by atoms with Crippen LogP contribution >= 0.6 is 0 Å². The molecule has 1 amide bonds. The maximum atomic E-state index is 12.0. The minimum atomic E-state index is -0.194. The van der Waals surface area contributed by atoms with Crippen LogP contribution in [0.5, 0.6) is 5.88 Å². The number of ether oxygens (including phenoxy) is 1. The fourth-order valence-electron chi connectivity index (χ4n) is 5.15. The topological polar surface area (TPSA) is 57.7 Å². The minimum absolute atomic E-state index is 0.0164. The van der Waals surface area contributed by atoms with E-state index in [0.29, 0.717) is 24.7 Å². The summed E-state index contributed by atoms with van der Waals surface area (Å²) < 4.78 is 5.89. The maximum Gasteiger partial charge on any atom is 0.226 e. The van der Waals surface area contributed by atoms with Crippen LogP contribution in [0.3, 0.4) is 0 Å². The Hall–Kier alpha value is -3.12. The molecule has 2 aliphatic rings. The Morgan fingerprint density at radius 1 is 0.971 bits per heavy atom. The van der Waals surface area contributed by atoms with Crippen LogP contribution in [0.25, 0.3) is 10.8 Å². The van der Waals surface area contributed by atoms with Crippen LogP contribution in [0, 0.1) is 0 Å². The zero-order valence-corrected chi connectivity index (χ0v) is 20.2. The van der Waals surface area contributed by atoms with Crippen LogP contribution in [-0.4, -0.2) is 55.1 Å². The van der Waals surface area contributed by atoms with E-state index in [2.05, 4.69) is 76.4 Å². The van der Waals surface area contributed by atoms with Crippen molar-refractivity contribution in [2.24, 2.45) is 0 Å². The Balaban J connectivity index is 1.06. The predicted octanol–water partition coefficient (Wildman–Crippen LogP) is 4.84. The maximum absolute atomic E-state index is 12.0. The highest BCUT2D eigenvalue weighted by atomic mass is 16.5. The Bertz CT molecular complexity index is 1160. The zero-order chi connectivity index (χ0) is 23.5. The van der Waals surface area contributed by atoms with E-state index in [1.54, 1.807) is 0 Å². The molecule has 0 saturated carbocycles. The van der Waals surface area contributed by atoms with Crippen molar-refractivity contribution in [2.75, 3.05) is 49.5 Å². The lowest BCUT2D eigenvalue weighted by Gasteiger charge is -2.36. The number of fused-ring (bicyclic) bond motifs is 2. The van der Waals surface area contributed by atoms with E-state index in [-0.39, 0.29) is 11.3 Å². The number of carbonyl (C=O) groups excluding carboxylic acids is 1. The zero-order valence-electron chi connectivity index (χ0n) is 20.2. The molecule has 6 heteroatoms. The van der Waals surface area contributed by atoms with Crippen molar-refractivity contribution in [2.45, 2.75) is 38.5 Å². The second-order valence-corrected chi connectivity index (χ2v) is 10.0. The second kappa shape index (κ2) is 9.63. The van der Waals surface area contributed by atoms with E-state index in [4.69, 9.17) is 4.74 Å². The Labute approximate surface area is 201 Å². The smallest absolute Gasteiger partial charge is 0.226 e. The number of nitrogens with one attached hydrogen (secondary N) is 1. The summed E-state index contributed by atoms with van der Waals surface area (Å²) in [6, 6.07) is 19.2. The number of nitrogens with zero attached hydrogens (tertiary/aromatic N) is 3. The van der Waals surface area contributed by atoms with Crippen molar-refractivity contribution in [1.29, 1.82) is 0 Å². The fraction of sp³-hybridized carbons (Fsp3) is 0.429. The number of rotatable bonds is 7. The molecule has 1 saturated heterocycles. The van der Waals surface area contributed by atoms with Gasteiger partial charge in [-0.1, -0.05) is 50.2 Å². The lowest BCUT2D eigenvalue weighted by molar-refractivity contribution is -0.117. The summed E-state index contributed by atoms with van der Waals surface area (Å²) >= 11 is 0. The highest BCUT2D eigenvalue weighted by molar-refractivity contribution is 5.95. The van der Waals surface area contributed by atoms with Gasteiger partial charge in [-0.25, -0.2) is 0 Å². The number of amides is 1. The molecule has 2 aliphatic heterocycles. The standard InChI is InChI=1S/C28H34N4O2/c1-28(2)20-25(33)29-27-23(28)12-13-26(30-27)34-19-6-5-14-31-15-17-32(18-16-31)24-11-7-9-21-8-3-4-10-22(21)24/h3-4,7-13H,5-6,14-20H2,1-2H3,(H,29,30,33). The van der Waals surface area contributed by atoms with Gasteiger partial charge in [-0.15, -0.1) is 0 Å². The summed E-state index contributed by atoms with van der Waals surface area (Å²) in [5.74, 6) is 1.24. The predicted molar refractivity (Wildman–Crippen MR) is 138 cm³/mol. The Morgan fingerprint density at radius 2 is 1.76 bits per heavy atom. The largest absolute Gasteiger partial charge is 0.478 e. The van der Waals surface area contributed by atoms with Gasteiger partial charge in [-0.2, -0.15) is 4.98 Å². The monoisotopic (exact) mass is 458 g/mol. The van der Waals surface area contributed by atoms with Crippen LogP contribution in [-0.2, 0) is 10.2 Å². The van der Waals surface area contributed by atoms with Crippen molar-refractivity contribution in [3.8, 4) is 5.88 Å². The molecule has 0 atom stereocenters. The normalized spacial score (nSPS) is 17.9. The molecular formula is C28H34N4O2. The summed E-state index contributed by atoms with van der Waals surface area (Å²) in [6.07, 6.45) is 2.57. The SMILES string of the molecule is CC1(C)CC(=O)Nc2nc(OCCCCN3CCN(c4cccc5ccccc45)CC3)ccc21. The Kier molecular flexibility index (Phi) is 6.42. The average Bonchev–Trinajstić information content (AvgIpc) is 2.83. The van der Waals surface area contributed by atoms with Gasteiger partial charge in [0, 0.05) is 60.7 Å². The van der Waals surface area contributed by atoms with Gasteiger partial charge < -0.3 is 15.0 Å². The van der Waals surface area contributed by atoms with E-state index in [9.17, 15) is 4.79 Å². The number of benzene rings is 2. The van der Waals surface area contributed by atoms with Gasteiger partial charge in [0.05, 0.1) is 6.61 Å². The van der Waals surface area contributed by atoms with Crippen molar-refractivity contribution >= 4 is 28.2 Å². The molecule has 1 aromatic heterocycles. The highest BCUT2D eigenvalue weighted by Gasteiger charge is 2.33. The van der Waals surface area contributed by atoms with Gasteiger partial charge >= 0.3 is 0 Å². The average molecular weight is 459 g/mol. The molecule has 0 radical (unpaired) electrons. The van der Waals surface area contributed by atoms with Gasteiger partial charge in [0.1, 0.15) is 5.82 Å². The molecule has 1 N–H and O–H groups in total. The van der Waals surface area contributed by atoms with E-state index >= 15 is 0 Å². The molecule has 178 valence electrons. The van der Waals surface area contributed by atoms with Gasteiger partial charge in [0.15, 0.2) is 0 Å². The number of unbranched alkanes of at least 4 members (excludes halogenated alkanes) is 1. The highest BCUT2D eigenvalue weighted by Crippen LogP contribution is 2.37. The van der Waals surface area contributed by atoms with Crippen molar-refractivity contribution < 1.29 is 9.53 Å². The van der Waals surface area contributed by atoms with E-state index < -0.39 is 0 Å². The summed E-state index contributed by atoms with van der Waals surface area (Å²) in [6.45, 7) is 10.2. The van der Waals surface area contributed by atoms with Gasteiger partial charge in [-0.3, -0.25) is 9.69 Å². The van der Waals surface area contributed by atoms with Gasteiger partial charge in [-0.05, 0) is 36.9 Å². The molecule has 6 nitrogen and oxygen atoms in total. The third kappa shape index (κ3) is 4.87. The molecule has 2 aromatic carbocycles. The first-order valence-corrected chi connectivity index (χ1v) is 12.4. The molecule has 0 bridgehead atoms. The quantitative estimate of drug-likeness (QED) is 0.514. The van der Waals surface area contributed by atoms with Crippen LogP contribution in [0.4, 0.5) is 11.5 Å². The van der Waals surface area contributed by atoms with Crippen molar-refractivity contribution in [3.05, 3.63) is 60.2 Å². The minimum Gasteiger partial charge on any atom is -0.478 e. The first-order chi connectivity index (χ1) is 16.5. The molecule has 0 unspecified atom stereocenters. The molecule has 0 spiro atoms. The number of piperazine rings is 1. The van der Waals surface area contributed by atoms with Crippen LogP contribution in [0.15, 0.2) is 54.6 Å². The molecule has 3 aromatic rings.